The third-order valence-corrected chi connectivity index (χ3v) is 4.07. The van der Waals surface area contributed by atoms with Crippen LogP contribution >= 0.6 is 0 Å². The highest BCUT2D eigenvalue weighted by Gasteiger charge is 2.32. The van der Waals surface area contributed by atoms with Crippen LogP contribution in [0.15, 0.2) is 24.3 Å². The molecule has 21 heavy (non-hydrogen) atoms. The summed E-state index contributed by atoms with van der Waals surface area (Å²) in [5.74, 6) is 1.20. The Morgan fingerprint density at radius 1 is 1.43 bits per heavy atom. The number of hydrogen-bond acceptors (Lipinski definition) is 4. The molecule has 0 spiro atoms. The van der Waals surface area contributed by atoms with Gasteiger partial charge in [0.2, 0.25) is 5.91 Å². The molecule has 0 saturated carbocycles. The van der Waals surface area contributed by atoms with Crippen LogP contribution < -0.4 is 10.1 Å². The minimum Gasteiger partial charge on any atom is -0.496 e. The van der Waals surface area contributed by atoms with Gasteiger partial charge in [-0.3, -0.25) is 4.79 Å². The van der Waals surface area contributed by atoms with E-state index in [1.165, 1.54) is 0 Å². The average molecular weight is 292 g/mol. The first-order valence-corrected chi connectivity index (χ1v) is 7.39. The van der Waals surface area contributed by atoms with Crippen LogP contribution in [-0.4, -0.2) is 49.3 Å². The molecule has 1 aromatic carbocycles. The van der Waals surface area contributed by atoms with Gasteiger partial charge in [-0.25, -0.2) is 0 Å². The van der Waals surface area contributed by atoms with Crippen LogP contribution in [0.3, 0.4) is 0 Å². The fourth-order valence-electron chi connectivity index (χ4n) is 2.80. The van der Waals surface area contributed by atoms with Crippen LogP contribution in [0, 0.1) is 11.8 Å². The van der Waals surface area contributed by atoms with Crippen molar-refractivity contribution >= 4 is 5.91 Å². The van der Waals surface area contributed by atoms with Crippen molar-refractivity contribution in [1.82, 2.24) is 10.2 Å². The number of nitrogens with zero attached hydrogens (tertiary/aromatic N) is 1. The van der Waals surface area contributed by atoms with Crippen molar-refractivity contribution in [3.63, 3.8) is 0 Å². The first-order valence-electron chi connectivity index (χ1n) is 7.39. The standard InChI is InChI=1S/C16H24N2O3/c1-12-9-17-10-14(12)16(20)18(7-8-19)11-13-5-3-4-6-15(13)21-2/h3-6,12,14,17,19H,7-11H2,1-2H3. The number of aliphatic hydroxyl groups is 1. The molecule has 5 heteroatoms. The van der Waals surface area contributed by atoms with Crippen molar-refractivity contribution < 1.29 is 14.6 Å². The van der Waals surface area contributed by atoms with Crippen molar-refractivity contribution in [3.05, 3.63) is 29.8 Å². The highest BCUT2D eigenvalue weighted by molar-refractivity contribution is 5.79. The highest BCUT2D eigenvalue weighted by Crippen LogP contribution is 2.23. The van der Waals surface area contributed by atoms with Gasteiger partial charge in [0, 0.05) is 25.2 Å². The number of benzene rings is 1. The molecule has 2 unspecified atom stereocenters. The number of nitrogens with one attached hydrogen (secondary N) is 1. The predicted molar refractivity (Wildman–Crippen MR) is 81.0 cm³/mol. The third-order valence-electron chi connectivity index (χ3n) is 4.07. The molecule has 5 nitrogen and oxygen atoms in total. The summed E-state index contributed by atoms with van der Waals surface area (Å²) >= 11 is 0. The Bertz CT molecular complexity index is 478. The van der Waals surface area contributed by atoms with Gasteiger partial charge in [0.1, 0.15) is 5.75 Å². The Kier molecular flexibility index (Phi) is 5.59. The Morgan fingerprint density at radius 3 is 2.81 bits per heavy atom. The molecule has 0 bridgehead atoms. The number of carbonyl (C=O) groups excluding carboxylic acids is 1. The first-order chi connectivity index (χ1) is 10.2. The normalized spacial score (nSPS) is 21.3. The number of rotatable bonds is 6. The quantitative estimate of drug-likeness (QED) is 0.817. The monoisotopic (exact) mass is 292 g/mol. The Morgan fingerprint density at radius 2 is 2.19 bits per heavy atom. The summed E-state index contributed by atoms with van der Waals surface area (Å²) in [7, 11) is 1.63. The van der Waals surface area contributed by atoms with E-state index in [1.54, 1.807) is 12.0 Å². The van der Waals surface area contributed by atoms with E-state index in [0.29, 0.717) is 25.6 Å². The smallest absolute Gasteiger partial charge is 0.227 e. The Hall–Kier alpha value is -1.59. The van der Waals surface area contributed by atoms with Crippen LogP contribution in [0.2, 0.25) is 0 Å². The second-order valence-electron chi connectivity index (χ2n) is 5.54. The minimum absolute atomic E-state index is 0.00810. The van der Waals surface area contributed by atoms with Gasteiger partial charge in [0.05, 0.1) is 19.6 Å². The molecule has 1 aromatic rings. The van der Waals surface area contributed by atoms with E-state index in [9.17, 15) is 9.90 Å². The van der Waals surface area contributed by atoms with E-state index in [1.807, 2.05) is 24.3 Å². The molecule has 1 saturated heterocycles. The molecule has 1 amide bonds. The van der Waals surface area contributed by atoms with Crippen LogP contribution in [-0.2, 0) is 11.3 Å². The molecule has 116 valence electrons. The molecular formula is C16H24N2O3. The van der Waals surface area contributed by atoms with Crippen LogP contribution in [0.5, 0.6) is 5.75 Å². The number of carbonyl (C=O) groups is 1. The number of para-hydroxylation sites is 1. The largest absolute Gasteiger partial charge is 0.496 e. The zero-order chi connectivity index (χ0) is 15.2. The lowest BCUT2D eigenvalue weighted by Crippen LogP contribution is -2.40. The molecular weight excluding hydrogens is 268 g/mol. The summed E-state index contributed by atoms with van der Waals surface area (Å²) in [5, 5.41) is 12.5. The Labute approximate surface area is 125 Å². The van der Waals surface area contributed by atoms with Gasteiger partial charge in [-0.2, -0.15) is 0 Å². The third kappa shape index (κ3) is 3.74. The van der Waals surface area contributed by atoms with Crippen LogP contribution in [0.25, 0.3) is 0 Å². The van der Waals surface area contributed by atoms with Crippen molar-refractivity contribution in [2.24, 2.45) is 11.8 Å². The molecule has 1 fully saturated rings. The van der Waals surface area contributed by atoms with E-state index < -0.39 is 0 Å². The predicted octanol–water partition coefficient (Wildman–Crippen LogP) is 0.872. The summed E-state index contributed by atoms with van der Waals surface area (Å²) in [5.41, 5.74) is 0.959. The highest BCUT2D eigenvalue weighted by atomic mass is 16.5. The van der Waals surface area contributed by atoms with E-state index in [-0.39, 0.29) is 18.4 Å². The number of hydrogen-bond donors (Lipinski definition) is 2. The number of amides is 1. The van der Waals surface area contributed by atoms with Crippen LogP contribution in [0.1, 0.15) is 12.5 Å². The van der Waals surface area contributed by atoms with Crippen molar-refractivity contribution in [1.29, 1.82) is 0 Å². The van der Waals surface area contributed by atoms with Gasteiger partial charge in [0.15, 0.2) is 0 Å². The summed E-state index contributed by atoms with van der Waals surface area (Å²) < 4.78 is 5.34. The second-order valence-corrected chi connectivity index (χ2v) is 5.54. The van der Waals surface area contributed by atoms with Gasteiger partial charge in [-0.15, -0.1) is 0 Å². The van der Waals surface area contributed by atoms with Crippen molar-refractivity contribution in [2.75, 3.05) is 33.4 Å². The lowest BCUT2D eigenvalue weighted by Gasteiger charge is -2.27. The number of ether oxygens (including phenoxy) is 1. The fourth-order valence-corrected chi connectivity index (χ4v) is 2.80. The number of aliphatic hydroxyl groups excluding tert-OH is 1. The zero-order valence-electron chi connectivity index (χ0n) is 12.7. The zero-order valence-corrected chi connectivity index (χ0v) is 12.7. The SMILES string of the molecule is COc1ccccc1CN(CCO)C(=O)C1CNCC1C. The molecule has 2 rings (SSSR count). The minimum atomic E-state index is -0.0323. The molecule has 2 N–H and O–H groups in total. The maximum absolute atomic E-state index is 12.7. The molecule has 0 aromatic heterocycles. The number of methoxy groups -OCH3 is 1. The van der Waals surface area contributed by atoms with Gasteiger partial charge in [-0.1, -0.05) is 25.1 Å². The molecule has 1 aliphatic heterocycles. The average Bonchev–Trinajstić information content (AvgIpc) is 2.92. The topological polar surface area (TPSA) is 61.8 Å². The molecule has 2 atom stereocenters. The maximum atomic E-state index is 12.7. The van der Waals surface area contributed by atoms with E-state index in [0.717, 1.165) is 17.9 Å². The summed E-state index contributed by atoms with van der Waals surface area (Å²) in [6.07, 6.45) is 0. The molecule has 1 heterocycles. The second kappa shape index (κ2) is 7.43. The van der Waals surface area contributed by atoms with Crippen molar-refractivity contribution in [2.45, 2.75) is 13.5 Å². The fraction of sp³-hybridized carbons (Fsp3) is 0.562. The van der Waals surface area contributed by atoms with Gasteiger partial charge >= 0.3 is 0 Å². The summed E-state index contributed by atoms with van der Waals surface area (Å²) in [4.78, 5) is 14.4. The molecule has 0 aliphatic carbocycles. The van der Waals surface area contributed by atoms with Gasteiger partial charge in [0.25, 0.3) is 0 Å². The summed E-state index contributed by atoms with van der Waals surface area (Å²) in [6.45, 7) is 4.46. The maximum Gasteiger partial charge on any atom is 0.227 e. The van der Waals surface area contributed by atoms with Crippen molar-refractivity contribution in [3.8, 4) is 5.75 Å². The lowest BCUT2D eigenvalue weighted by molar-refractivity contribution is -0.137. The molecule has 0 radical (unpaired) electrons. The first kappa shape index (κ1) is 15.8. The van der Waals surface area contributed by atoms with Gasteiger partial charge in [-0.05, 0) is 18.5 Å². The Balaban J connectivity index is 2.13. The summed E-state index contributed by atoms with van der Waals surface area (Å²) in [6, 6.07) is 7.67. The van der Waals surface area contributed by atoms with E-state index >= 15 is 0 Å². The lowest BCUT2D eigenvalue weighted by atomic mass is 9.96. The van der Waals surface area contributed by atoms with Gasteiger partial charge < -0.3 is 20.1 Å². The van der Waals surface area contributed by atoms with E-state index in [4.69, 9.17) is 4.74 Å². The van der Waals surface area contributed by atoms with E-state index in [2.05, 4.69) is 12.2 Å². The van der Waals surface area contributed by atoms with Crippen LogP contribution in [0.4, 0.5) is 0 Å². The molecule has 1 aliphatic rings.